The highest BCUT2D eigenvalue weighted by Crippen LogP contribution is 2.19. The van der Waals surface area contributed by atoms with Gasteiger partial charge in [-0.3, -0.25) is 9.59 Å². The minimum atomic E-state index is -0.331. The van der Waals surface area contributed by atoms with Crippen molar-refractivity contribution in [1.29, 1.82) is 0 Å². The molecule has 1 atom stereocenters. The Morgan fingerprint density at radius 3 is 2.72 bits per heavy atom. The van der Waals surface area contributed by atoms with E-state index in [0.717, 1.165) is 11.3 Å². The molecule has 1 aromatic heterocycles. The first-order valence-corrected chi connectivity index (χ1v) is 5.98. The van der Waals surface area contributed by atoms with Crippen LogP contribution in [-0.2, 0) is 16.0 Å². The highest BCUT2D eigenvalue weighted by atomic mass is 16.5. The van der Waals surface area contributed by atoms with Crippen molar-refractivity contribution in [3.05, 3.63) is 17.0 Å². The number of nitrogens with two attached hydrogens (primary N) is 1. The Balaban J connectivity index is 2.00. The number of aryl methyl sites for hydroxylation is 2. The van der Waals surface area contributed by atoms with Gasteiger partial charge < -0.3 is 15.2 Å². The van der Waals surface area contributed by atoms with Gasteiger partial charge in [-0.1, -0.05) is 5.16 Å². The first-order valence-electron chi connectivity index (χ1n) is 5.98. The quantitative estimate of drug-likeness (QED) is 0.829. The van der Waals surface area contributed by atoms with E-state index in [1.165, 1.54) is 0 Å². The number of carbonyl (C=O) groups is 2. The summed E-state index contributed by atoms with van der Waals surface area (Å²) in [5.41, 5.74) is 6.82. The monoisotopic (exact) mass is 251 g/mol. The van der Waals surface area contributed by atoms with Crippen LogP contribution in [0, 0.1) is 19.8 Å². The number of hydrogen-bond donors (Lipinski definition) is 1. The van der Waals surface area contributed by atoms with E-state index in [1.54, 1.807) is 11.8 Å². The smallest absolute Gasteiger partial charge is 0.227 e. The van der Waals surface area contributed by atoms with Gasteiger partial charge in [-0.25, -0.2) is 0 Å². The third-order valence-corrected chi connectivity index (χ3v) is 3.45. The molecule has 1 aliphatic heterocycles. The molecule has 98 valence electrons. The fourth-order valence-corrected chi connectivity index (χ4v) is 2.24. The van der Waals surface area contributed by atoms with Crippen LogP contribution in [-0.4, -0.2) is 35.0 Å². The molecule has 6 nitrogen and oxygen atoms in total. The number of amides is 2. The van der Waals surface area contributed by atoms with Gasteiger partial charge in [0.1, 0.15) is 5.76 Å². The molecule has 2 heterocycles. The third-order valence-electron chi connectivity index (χ3n) is 3.45. The molecule has 2 rings (SSSR count). The average Bonchev–Trinajstić information content (AvgIpc) is 2.91. The second-order valence-electron chi connectivity index (χ2n) is 4.71. The van der Waals surface area contributed by atoms with E-state index in [9.17, 15) is 9.59 Å². The summed E-state index contributed by atoms with van der Waals surface area (Å²) < 4.78 is 5.02. The minimum absolute atomic E-state index is 0.00634. The van der Waals surface area contributed by atoms with Crippen LogP contribution in [0.2, 0.25) is 0 Å². The molecule has 18 heavy (non-hydrogen) atoms. The van der Waals surface area contributed by atoms with Crippen molar-refractivity contribution >= 4 is 11.8 Å². The number of carbonyl (C=O) groups excluding carboxylic acids is 2. The molecular formula is C12H17N3O3. The summed E-state index contributed by atoms with van der Waals surface area (Å²) in [5, 5.41) is 3.82. The van der Waals surface area contributed by atoms with Crippen LogP contribution in [0.1, 0.15) is 23.4 Å². The first kappa shape index (κ1) is 12.6. The van der Waals surface area contributed by atoms with Crippen LogP contribution in [0.3, 0.4) is 0 Å². The largest absolute Gasteiger partial charge is 0.369 e. The Kier molecular flexibility index (Phi) is 3.36. The molecule has 0 spiro atoms. The highest BCUT2D eigenvalue weighted by Gasteiger charge is 2.30. The summed E-state index contributed by atoms with van der Waals surface area (Å²) >= 11 is 0. The molecule has 0 bridgehead atoms. The van der Waals surface area contributed by atoms with Gasteiger partial charge in [-0.15, -0.1) is 0 Å². The van der Waals surface area contributed by atoms with Crippen molar-refractivity contribution in [2.24, 2.45) is 11.7 Å². The summed E-state index contributed by atoms with van der Waals surface area (Å²) in [6.45, 7) is 4.63. The fraction of sp³-hybridized carbons (Fsp3) is 0.583. The predicted octanol–water partition coefficient (Wildman–Crippen LogP) is 0.168. The highest BCUT2D eigenvalue weighted by molar-refractivity contribution is 5.82. The summed E-state index contributed by atoms with van der Waals surface area (Å²) in [6, 6.07) is 0. The van der Waals surface area contributed by atoms with E-state index in [2.05, 4.69) is 5.16 Å². The van der Waals surface area contributed by atoms with Gasteiger partial charge in [0.2, 0.25) is 11.8 Å². The molecule has 1 aliphatic rings. The van der Waals surface area contributed by atoms with E-state index < -0.39 is 0 Å². The zero-order valence-electron chi connectivity index (χ0n) is 10.6. The maximum absolute atomic E-state index is 12.1. The van der Waals surface area contributed by atoms with Gasteiger partial charge in [0, 0.05) is 18.7 Å². The van der Waals surface area contributed by atoms with E-state index in [4.69, 9.17) is 10.3 Å². The second kappa shape index (κ2) is 4.80. The van der Waals surface area contributed by atoms with Crippen molar-refractivity contribution in [3.63, 3.8) is 0 Å². The lowest BCUT2D eigenvalue weighted by Gasteiger charge is -2.15. The van der Waals surface area contributed by atoms with Crippen LogP contribution >= 0.6 is 0 Å². The van der Waals surface area contributed by atoms with Gasteiger partial charge >= 0.3 is 0 Å². The lowest BCUT2D eigenvalue weighted by atomic mass is 10.1. The molecule has 6 heteroatoms. The van der Waals surface area contributed by atoms with E-state index in [0.29, 0.717) is 25.3 Å². The standard InChI is InChI=1S/C12H17N3O3/c1-7-10(8(2)18-14-7)5-11(16)15-4-3-9(6-15)12(13)17/h9H,3-6H2,1-2H3,(H2,13,17)/t9-/m1/s1. The zero-order valence-corrected chi connectivity index (χ0v) is 10.6. The average molecular weight is 251 g/mol. The number of aromatic nitrogens is 1. The summed E-state index contributed by atoms with van der Waals surface area (Å²) in [6.07, 6.45) is 0.926. The number of hydrogen-bond acceptors (Lipinski definition) is 4. The Labute approximate surface area is 105 Å². The maximum Gasteiger partial charge on any atom is 0.227 e. The van der Waals surface area contributed by atoms with Gasteiger partial charge in [0.05, 0.1) is 18.0 Å². The van der Waals surface area contributed by atoms with Crippen LogP contribution in [0.5, 0.6) is 0 Å². The molecule has 0 radical (unpaired) electrons. The molecule has 2 N–H and O–H groups in total. The molecular weight excluding hydrogens is 234 g/mol. The van der Waals surface area contributed by atoms with Crippen molar-refractivity contribution in [2.75, 3.05) is 13.1 Å². The SMILES string of the molecule is Cc1noc(C)c1CC(=O)N1CC[C@@H](C(N)=O)C1. The summed E-state index contributed by atoms with van der Waals surface area (Å²) in [5.74, 6) is 0.126. The number of nitrogens with zero attached hydrogens (tertiary/aromatic N) is 2. The number of likely N-dealkylation sites (tertiary alicyclic amines) is 1. The Hall–Kier alpha value is -1.85. The van der Waals surface area contributed by atoms with Gasteiger partial charge in [-0.2, -0.15) is 0 Å². The van der Waals surface area contributed by atoms with Crippen molar-refractivity contribution in [1.82, 2.24) is 10.1 Å². The Morgan fingerprint density at radius 2 is 2.22 bits per heavy atom. The van der Waals surface area contributed by atoms with Gasteiger partial charge in [0.25, 0.3) is 0 Å². The number of rotatable bonds is 3. The van der Waals surface area contributed by atoms with Crippen LogP contribution in [0.25, 0.3) is 0 Å². The predicted molar refractivity (Wildman–Crippen MR) is 63.6 cm³/mol. The summed E-state index contributed by atoms with van der Waals surface area (Å²) in [7, 11) is 0. The minimum Gasteiger partial charge on any atom is -0.369 e. The first-order chi connectivity index (χ1) is 8.49. The third kappa shape index (κ3) is 2.37. The topological polar surface area (TPSA) is 89.4 Å². The van der Waals surface area contributed by atoms with Crippen molar-refractivity contribution in [2.45, 2.75) is 26.7 Å². The van der Waals surface area contributed by atoms with Crippen LogP contribution < -0.4 is 5.73 Å². The fourth-order valence-electron chi connectivity index (χ4n) is 2.24. The molecule has 0 saturated carbocycles. The summed E-state index contributed by atoms with van der Waals surface area (Å²) in [4.78, 5) is 24.8. The van der Waals surface area contributed by atoms with E-state index in [-0.39, 0.29) is 24.2 Å². The van der Waals surface area contributed by atoms with Crippen LogP contribution in [0.15, 0.2) is 4.52 Å². The lowest BCUT2D eigenvalue weighted by Crippen LogP contribution is -2.32. The Bertz CT molecular complexity index is 461. The molecule has 1 aromatic rings. The van der Waals surface area contributed by atoms with Gasteiger partial charge in [-0.05, 0) is 20.3 Å². The molecule has 1 saturated heterocycles. The maximum atomic E-state index is 12.1. The zero-order chi connectivity index (χ0) is 13.3. The van der Waals surface area contributed by atoms with Crippen molar-refractivity contribution in [3.8, 4) is 0 Å². The second-order valence-corrected chi connectivity index (χ2v) is 4.71. The molecule has 2 amide bonds. The molecule has 0 aromatic carbocycles. The van der Waals surface area contributed by atoms with E-state index >= 15 is 0 Å². The van der Waals surface area contributed by atoms with Crippen molar-refractivity contribution < 1.29 is 14.1 Å². The van der Waals surface area contributed by atoms with E-state index in [1.807, 2.05) is 6.92 Å². The lowest BCUT2D eigenvalue weighted by molar-refractivity contribution is -0.129. The molecule has 1 fully saturated rings. The normalized spacial score (nSPS) is 19.2. The molecule has 0 aliphatic carbocycles. The molecule has 0 unspecified atom stereocenters. The Morgan fingerprint density at radius 1 is 1.50 bits per heavy atom. The van der Waals surface area contributed by atoms with Gasteiger partial charge in [0.15, 0.2) is 0 Å². The number of primary amides is 1. The van der Waals surface area contributed by atoms with Crippen LogP contribution in [0.4, 0.5) is 0 Å².